The molecule has 7 heteroatoms. The number of pyridine rings is 1. The van der Waals surface area contributed by atoms with E-state index in [0.717, 1.165) is 19.5 Å². The monoisotopic (exact) mass is 336 g/mol. The number of piperidine rings is 1. The zero-order valence-electron chi connectivity index (χ0n) is 12.8. The van der Waals surface area contributed by atoms with Gasteiger partial charge in [0, 0.05) is 18.9 Å². The third-order valence-corrected chi connectivity index (χ3v) is 4.10. The van der Waals surface area contributed by atoms with E-state index in [4.69, 9.17) is 0 Å². The summed E-state index contributed by atoms with van der Waals surface area (Å²) in [4.78, 5) is 28.6. The maximum absolute atomic E-state index is 12.3. The lowest BCUT2D eigenvalue weighted by Gasteiger charge is -2.22. The molecule has 1 saturated heterocycles. The largest absolute Gasteiger partial charge is 0.352 e. The molecule has 1 aliphatic rings. The number of nitrogens with one attached hydrogen (secondary N) is 2. The van der Waals surface area contributed by atoms with Crippen LogP contribution in [0.5, 0.6) is 0 Å². The maximum Gasteiger partial charge on any atom is 0.270 e. The highest BCUT2D eigenvalue weighted by atomic mass is 35.5. The van der Waals surface area contributed by atoms with E-state index in [2.05, 4.69) is 15.6 Å². The van der Waals surface area contributed by atoms with Gasteiger partial charge in [0.25, 0.3) is 11.5 Å². The Hall–Kier alpha value is -1.92. The average molecular weight is 337 g/mol. The van der Waals surface area contributed by atoms with Crippen molar-refractivity contribution in [3.63, 3.8) is 0 Å². The van der Waals surface area contributed by atoms with E-state index in [1.807, 2.05) is 0 Å². The molecule has 1 unspecified atom stereocenters. The molecular formula is C16H21ClN4O2. The first kappa shape index (κ1) is 17.4. The molecule has 1 amide bonds. The van der Waals surface area contributed by atoms with Crippen LogP contribution in [0.1, 0.15) is 29.6 Å². The number of hydrogen-bond donors (Lipinski definition) is 2. The molecule has 0 bridgehead atoms. The van der Waals surface area contributed by atoms with Crippen LogP contribution in [0.4, 0.5) is 0 Å². The van der Waals surface area contributed by atoms with Gasteiger partial charge < -0.3 is 10.6 Å². The number of fused-ring (bicyclic) bond motifs is 1. The molecule has 124 valence electrons. The lowest BCUT2D eigenvalue weighted by Crippen LogP contribution is -2.35. The zero-order valence-corrected chi connectivity index (χ0v) is 13.6. The number of amides is 1. The molecule has 3 rings (SSSR count). The van der Waals surface area contributed by atoms with Gasteiger partial charge in [0.15, 0.2) is 0 Å². The summed E-state index contributed by atoms with van der Waals surface area (Å²) in [7, 11) is 0. The highest BCUT2D eigenvalue weighted by molar-refractivity contribution is 5.93. The molecule has 3 heterocycles. The number of carbonyl (C=O) groups excluding carboxylic acids is 1. The summed E-state index contributed by atoms with van der Waals surface area (Å²) < 4.78 is 1.39. The topological polar surface area (TPSA) is 75.5 Å². The molecule has 2 N–H and O–H groups in total. The molecule has 2 aromatic rings. The van der Waals surface area contributed by atoms with Crippen LogP contribution < -0.4 is 16.2 Å². The molecule has 6 nitrogen and oxygen atoms in total. The molecule has 0 aromatic carbocycles. The summed E-state index contributed by atoms with van der Waals surface area (Å²) in [5.41, 5.74) is 0.297. The van der Waals surface area contributed by atoms with Gasteiger partial charge in [-0.25, -0.2) is 4.98 Å². The Kier molecular flexibility index (Phi) is 6.12. The number of nitrogens with zero attached hydrogens (tertiary/aromatic N) is 2. The standard InChI is InChI=1S/C16H20N4O2.ClH/c21-15(18-8-6-12-4-3-7-17-10-12)13-11-19-14-5-1-2-9-20(14)16(13)22;/h1-2,5,9,11-12,17H,3-4,6-8,10H2,(H,18,21);1H. The van der Waals surface area contributed by atoms with Gasteiger partial charge in [0.2, 0.25) is 0 Å². The Morgan fingerprint density at radius 2 is 2.30 bits per heavy atom. The molecule has 23 heavy (non-hydrogen) atoms. The van der Waals surface area contributed by atoms with Gasteiger partial charge in [0.1, 0.15) is 11.2 Å². The van der Waals surface area contributed by atoms with Gasteiger partial charge in [-0.1, -0.05) is 6.07 Å². The Morgan fingerprint density at radius 1 is 1.43 bits per heavy atom. The second-order valence-corrected chi connectivity index (χ2v) is 5.66. The van der Waals surface area contributed by atoms with Gasteiger partial charge in [-0.05, 0) is 50.4 Å². The first-order valence-corrected chi connectivity index (χ1v) is 7.71. The van der Waals surface area contributed by atoms with E-state index in [1.165, 1.54) is 23.4 Å². The molecular weight excluding hydrogens is 316 g/mol. The van der Waals surface area contributed by atoms with Crippen LogP contribution in [0.2, 0.25) is 0 Å². The lowest BCUT2D eigenvalue weighted by atomic mass is 9.96. The Labute approximate surface area is 140 Å². The predicted octanol–water partition coefficient (Wildman–Crippen LogP) is 1.24. The Balaban J connectivity index is 0.00000192. The first-order chi connectivity index (χ1) is 10.8. The van der Waals surface area contributed by atoms with E-state index >= 15 is 0 Å². The minimum absolute atomic E-state index is 0. The number of halogens is 1. The number of carbonyl (C=O) groups is 1. The first-order valence-electron chi connectivity index (χ1n) is 7.71. The van der Waals surface area contributed by atoms with E-state index < -0.39 is 0 Å². The second-order valence-electron chi connectivity index (χ2n) is 5.66. The van der Waals surface area contributed by atoms with Crippen molar-refractivity contribution < 1.29 is 4.79 Å². The fourth-order valence-corrected chi connectivity index (χ4v) is 2.84. The molecule has 2 aromatic heterocycles. The van der Waals surface area contributed by atoms with Crippen LogP contribution in [-0.2, 0) is 0 Å². The fraction of sp³-hybridized carbons (Fsp3) is 0.438. The van der Waals surface area contributed by atoms with Crippen molar-refractivity contribution >= 4 is 24.0 Å². The molecule has 0 saturated carbocycles. The van der Waals surface area contributed by atoms with Crippen LogP contribution in [0.15, 0.2) is 35.4 Å². The maximum atomic E-state index is 12.3. The number of aromatic nitrogens is 2. The highest BCUT2D eigenvalue weighted by Gasteiger charge is 2.15. The van der Waals surface area contributed by atoms with Crippen molar-refractivity contribution in [1.29, 1.82) is 0 Å². The third-order valence-electron chi connectivity index (χ3n) is 4.10. The third kappa shape index (κ3) is 4.09. The lowest BCUT2D eigenvalue weighted by molar-refractivity contribution is 0.0948. The average Bonchev–Trinajstić information content (AvgIpc) is 2.56. The summed E-state index contributed by atoms with van der Waals surface area (Å²) >= 11 is 0. The highest BCUT2D eigenvalue weighted by Crippen LogP contribution is 2.12. The minimum Gasteiger partial charge on any atom is -0.352 e. The summed E-state index contributed by atoms with van der Waals surface area (Å²) in [6.07, 6.45) is 6.29. The second kappa shape index (κ2) is 8.08. The normalized spacial score (nSPS) is 17.5. The van der Waals surface area contributed by atoms with Crippen molar-refractivity contribution in [3.05, 3.63) is 46.5 Å². The summed E-state index contributed by atoms with van der Waals surface area (Å²) in [5.74, 6) is 0.254. The van der Waals surface area contributed by atoms with Crippen molar-refractivity contribution in [2.75, 3.05) is 19.6 Å². The van der Waals surface area contributed by atoms with Crippen LogP contribution >= 0.6 is 12.4 Å². The van der Waals surface area contributed by atoms with Crippen LogP contribution in [-0.4, -0.2) is 34.9 Å². The summed E-state index contributed by atoms with van der Waals surface area (Å²) in [6, 6.07) is 5.28. The van der Waals surface area contributed by atoms with Gasteiger partial charge in [-0.2, -0.15) is 0 Å². The van der Waals surface area contributed by atoms with Crippen LogP contribution in [0, 0.1) is 5.92 Å². The smallest absolute Gasteiger partial charge is 0.270 e. The molecule has 1 aliphatic heterocycles. The fourth-order valence-electron chi connectivity index (χ4n) is 2.84. The van der Waals surface area contributed by atoms with Gasteiger partial charge in [0.05, 0.1) is 0 Å². The van der Waals surface area contributed by atoms with E-state index in [-0.39, 0.29) is 29.4 Å². The molecule has 0 radical (unpaired) electrons. The van der Waals surface area contributed by atoms with Gasteiger partial charge in [-0.3, -0.25) is 14.0 Å². The van der Waals surface area contributed by atoms with Crippen LogP contribution in [0.25, 0.3) is 5.65 Å². The van der Waals surface area contributed by atoms with Crippen molar-refractivity contribution in [1.82, 2.24) is 20.0 Å². The minimum atomic E-state index is -0.348. The van der Waals surface area contributed by atoms with Crippen LogP contribution in [0.3, 0.4) is 0 Å². The molecule has 0 aliphatic carbocycles. The molecule has 1 fully saturated rings. The Morgan fingerprint density at radius 3 is 3.09 bits per heavy atom. The van der Waals surface area contributed by atoms with Gasteiger partial charge in [-0.15, -0.1) is 12.4 Å². The van der Waals surface area contributed by atoms with Crippen molar-refractivity contribution in [3.8, 4) is 0 Å². The zero-order chi connectivity index (χ0) is 15.4. The molecule has 0 spiro atoms. The Bertz CT molecular complexity index is 725. The van der Waals surface area contributed by atoms with E-state index in [0.29, 0.717) is 18.1 Å². The molecule has 1 atom stereocenters. The predicted molar refractivity (Wildman–Crippen MR) is 91.3 cm³/mol. The summed E-state index contributed by atoms with van der Waals surface area (Å²) in [5, 5.41) is 6.19. The van der Waals surface area contributed by atoms with Gasteiger partial charge >= 0.3 is 0 Å². The van der Waals surface area contributed by atoms with Crippen molar-refractivity contribution in [2.24, 2.45) is 5.92 Å². The SMILES string of the molecule is Cl.O=C(NCCC1CCCNC1)c1cnc2ccccn2c1=O. The van der Waals surface area contributed by atoms with E-state index in [1.54, 1.807) is 24.4 Å². The number of hydrogen-bond acceptors (Lipinski definition) is 4. The quantitative estimate of drug-likeness (QED) is 0.880. The number of rotatable bonds is 4. The summed E-state index contributed by atoms with van der Waals surface area (Å²) in [6.45, 7) is 2.68. The van der Waals surface area contributed by atoms with E-state index in [9.17, 15) is 9.59 Å². The van der Waals surface area contributed by atoms with Crippen molar-refractivity contribution in [2.45, 2.75) is 19.3 Å².